The molecule has 5 nitrogen and oxygen atoms in total. The van der Waals surface area contributed by atoms with E-state index in [2.05, 4.69) is 31.2 Å². The summed E-state index contributed by atoms with van der Waals surface area (Å²) in [4.78, 5) is 21.2. The number of carbonyl (C=O) groups is 1. The molecule has 0 spiro atoms. The maximum absolute atomic E-state index is 11.9. The molecule has 0 radical (unpaired) electrons. The fourth-order valence-corrected chi connectivity index (χ4v) is 3.26. The zero-order chi connectivity index (χ0) is 16.1. The van der Waals surface area contributed by atoms with Gasteiger partial charge in [-0.15, -0.1) is 11.3 Å². The number of pyridine rings is 1. The van der Waals surface area contributed by atoms with Crippen molar-refractivity contribution in [2.45, 2.75) is 6.54 Å². The number of rotatable bonds is 5. The van der Waals surface area contributed by atoms with E-state index < -0.39 is 0 Å². The van der Waals surface area contributed by atoms with E-state index in [1.807, 2.05) is 34.3 Å². The molecule has 0 aliphatic carbocycles. The number of amides is 1. The monoisotopic (exact) mass is 388 g/mol. The minimum Gasteiger partial charge on any atom is -0.348 e. The van der Waals surface area contributed by atoms with E-state index in [0.29, 0.717) is 6.54 Å². The number of imidazole rings is 1. The van der Waals surface area contributed by atoms with Gasteiger partial charge in [0, 0.05) is 45.9 Å². The van der Waals surface area contributed by atoms with Crippen LogP contribution in [0.3, 0.4) is 0 Å². The molecule has 3 aromatic rings. The van der Waals surface area contributed by atoms with E-state index in [1.165, 1.54) is 6.08 Å². The molecule has 23 heavy (non-hydrogen) atoms. The van der Waals surface area contributed by atoms with Crippen LogP contribution in [-0.4, -0.2) is 20.4 Å². The van der Waals surface area contributed by atoms with E-state index in [-0.39, 0.29) is 5.91 Å². The van der Waals surface area contributed by atoms with Gasteiger partial charge in [-0.1, -0.05) is 0 Å². The lowest BCUT2D eigenvalue weighted by Crippen LogP contribution is -2.20. The molecular weight excluding hydrogens is 376 g/mol. The first-order valence-electron chi connectivity index (χ1n) is 6.84. The topological polar surface area (TPSA) is 59.8 Å². The van der Waals surface area contributed by atoms with E-state index in [1.54, 1.807) is 36.1 Å². The smallest absolute Gasteiger partial charge is 0.244 e. The van der Waals surface area contributed by atoms with Crippen LogP contribution in [0.5, 0.6) is 0 Å². The second-order valence-electron chi connectivity index (χ2n) is 4.71. The van der Waals surface area contributed by atoms with Crippen molar-refractivity contribution in [1.29, 1.82) is 0 Å². The first-order chi connectivity index (χ1) is 11.2. The molecule has 0 atom stereocenters. The molecule has 7 heteroatoms. The second-order valence-corrected chi connectivity index (χ2v) is 6.57. The summed E-state index contributed by atoms with van der Waals surface area (Å²) in [6.45, 7) is 0.446. The average Bonchev–Trinajstić information content (AvgIpc) is 3.23. The molecule has 0 saturated carbocycles. The first kappa shape index (κ1) is 15.6. The highest BCUT2D eigenvalue weighted by Gasteiger charge is 2.01. The Morgan fingerprint density at radius 3 is 3.04 bits per heavy atom. The molecule has 3 heterocycles. The first-order valence-corrected chi connectivity index (χ1v) is 8.51. The number of aromatic nitrogens is 3. The minimum atomic E-state index is -0.129. The predicted molar refractivity (Wildman–Crippen MR) is 94.3 cm³/mol. The van der Waals surface area contributed by atoms with Gasteiger partial charge >= 0.3 is 0 Å². The van der Waals surface area contributed by atoms with E-state index in [9.17, 15) is 4.79 Å². The molecule has 0 unspecified atom stereocenters. The van der Waals surface area contributed by atoms with Crippen LogP contribution in [0, 0.1) is 0 Å². The van der Waals surface area contributed by atoms with Gasteiger partial charge in [-0.05, 0) is 45.8 Å². The molecule has 3 rings (SSSR count). The van der Waals surface area contributed by atoms with Gasteiger partial charge in [-0.2, -0.15) is 0 Å². The minimum absolute atomic E-state index is 0.129. The van der Waals surface area contributed by atoms with Crippen LogP contribution in [0.25, 0.3) is 11.9 Å². The zero-order valence-electron chi connectivity index (χ0n) is 12.0. The molecule has 0 saturated heterocycles. The third-order valence-corrected chi connectivity index (χ3v) is 4.69. The number of nitrogens with zero attached hydrogens (tertiary/aromatic N) is 3. The standard InChI is InChI=1S/C16H13BrN4OS/c17-13-8-14(23-10-13)1-2-16(22)20-9-12-3-4-19-15(7-12)21-6-5-18-11-21/h1-8,10-11H,9H2,(H,20,22)/b2-1+. The van der Waals surface area contributed by atoms with Gasteiger partial charge in [0.1, 0.15) is 12.1 Å². The van der Waals surface area contributed by atoms with Gasteiger partial charge in [-0.25, -0.2) is 9.97 Å². The Kier molecular flexibility index (Phi) is 4.99. The average molecular weight is 389 g/mol. The Balaban J connectivity index is 1.59. The van der Waals surface area contributed by atoms with Gasteiger partial charge < -0.3 is 5.32 Å². The maximum Gasteiger partial charge on any atom is 0.244 e. The quantitative estimate of drug-likeness (QED) is 0.681. The summed E-state index contributed by atoms with van der Waals surface area (Å²) in [5, 5.41) is 4.84. The molecule has 1 amide bonds. The lowest BCUT2D eigenvalue weighted by atomic mass is 10.2. The molecule has 1 N–H and O–H groups in total. The van der Waals surface area contributed by atoms with Crippen LogP contribution >= 0.6 is 27.3 Å². The zero-order valence-corrected chi connectivity index (χ0v) is 14.4. The largest absolute Gasteiger partial charge is 0.348 e. The Morgan fingerprint density at radius 2 is 2.30 bits per heavy atom. The van der Waals surface area contributed by atoms with Gasteiger partial charge in [-0.3, -0.25) is 9.36 Å². The van der Waals surface area contributed by atoms with Gasteiger partial charge in [0.05, 0.1) is 0 Å². The van der Waals surface area contributed by atoms with Gasteiger partial charge in [0.25, 0.3) is 0 Å². The Bertz CT molecular complexity index is 826. The predicted octanol–water partition coefficient (Wildman–Crippen LogP) is 3.42. The molecule has 0 fully saturated rings. The van der Waals surface area contributed by atoms with Crippen LogP contribution in [-0.2, 0) is 11.3 Å². The van der Waals surface area contributed by atoms with E-state index in [4.69, 9.17) is 0 Å². The van der Waals surface area contributed by atoms with E-state index >= 15 is 0 Å². The Hall–Kier alpha value is -2.25. The van der Waals surface area contributed by atoms with Crippen LogP contribution < -0.4 is 5.32 Å². The number of carbonyl (C=O) groups excluding carboxylic acids is 1. The summed E-state index contributed by atoms with van der Waals surface area (Å²) >= 11 is 4.96. The van der Waals surface area contributed by atoms with Crippen molar-refractivity contribution in [3.63, 3.8) is 0 Å². The van der Waals surface area contributed by atoms with Crippen molar-refractivity contribution in [2.24, 2.45) is 0 Å². The summed E-state index contributed by atoms with van der Waals surface area (Å²) in [5.74, 6) is 0.642. The third kappa shape index (κ3) is 4.37. The fourth-order valence-electron chi connectivity index (χ4n) is 1.93. The normalized spacial score (nSPS) is 11.0. The maximum atomic E-state index is 11.9. The highest BCUT2D eigenvalue weighted by atomic mass is 79.9. The highest BCUT2D eigenvalue weighted by Crippen LogP contribution is 2.20. The summed E-state index contributed by atoms with van der Waals surface area (Å²) < 4.78 is 2.84. The molecule has 3 aromatic heterocycles. The molecule has 0 aliphatic rings. The number of hydrogen-bond donors (Lipinski definition) is 1. The van der Waals surface area contributed by atoms with Gasteiger partial charge in [0.15, 0.2) is 0 Å². The van der Waals surface area contributed by atoms with Crippen molar-refractivity contribution in [1.82, 2.24) is 19.9 Å². The van der Waals surface area contributed by atoms with E-state index in [0.717, 1.165) is 20.7 Å². The second kappa shape index (κ2) is 7.34. The Morgan fingerprint density at radius 1 is 1.39 bits per heavy atom. The van der Waals surface area contributed by atoms with Gasteiger partial charge in [0.2, 0.25) is 5.91 Å². The van der Waals surface area contributed by atoms with Crippen molar-refractivity contribution < 1.29 is 4.79 Å². The highest BCUT2D eigenvalue weighted by molar-refractivity contribution is 9.10. The fraction of sp³-hybridized carbons (Fsp3) is 0.0625. The lowest BCUT2D eigenvalue weighted by molar-refractivity contribution is -0.116. The number of thiophene rings is 1. The molecule has 116 valence electrons. The summed E-state index contributed by atoms with van der Waals surface area (Å²) in [5.41, 5.74) is 0.976. The van der Waals surface area contributed by atoms with Crippen LogP contribution in [0.4, 0.5) is 0 Å². The van der Waals surface area contributed by atoms with Crippen molar-refractivity contribution in [3.8, 4) is 5.82 Å². The third-order valence-electron chi connectivity index (χ3n) is 3.03. The summed E-state index contributed by atoms with van der Waals surface area (Å²) in [6.07, 6.45) is 10.3. The number of halogens is 1. The molecule has 0 bridgehead atoms. The summed E-state index contributed by atoms with van der Waals surface area (Å²) in [7, 11) is 0. The Labute approximate surface area is 145 Å². The molecule has 0 aliphatic heterocycles. The lowest BCUT2D eigenvalue weighted by Gasteiger charge is -2.05. The molecule has 0 aromatic carbocycles. The van der Waals surface area contributed by atoms with Crippen molar-refractivity contribution >= 4 is 39.2 Å². The van der Waals surface area contributed by atoms with Crippen molar-refractivity contribution in [3.05, 3.63) is 69.5 Å². The van der Waals surface area contributed by atoms with Crippen LogP contribution in [0.15, 0.2) is 59.0 Å². The SMILES string of the molecule is O=C(/C=C/c1cc(Br)cs1)NCc1ccnc(-n2ccnc2)c1. The van der Waals surface area contributed by atoms with Crippen LogP contribution in [0.2, 0.25) is 0 Å². The number of hydrogen-bond acceptors (Lipinski definition) is 4. The van der Waals surface area contributed by atoms with Crippen molar-refractivity contribution in [2.75, 3.05) is 0 Å². The number of nitrogens with one attached hydrogen (secondary N) is 1. The summed E-state index contributed by atoms with van der Waals surface area (Å²) in [6, 6.07) is 5.76. The molecular formula is C16H13BrN4OS. The van der Waals surface area contributed by atoms with Crippen LogP contribution in [0.1, 0.15) is 10.4 Å².